The lowest BCUT2D eigenvalue weighted by atomic mass is 9.96. The van der Waals surface area contributed by atoms with Crippen LogP contribution in [-0.2, 0) is 83.1 Å². The number of aromatic hydroxyl groups is 1. The number of amides is 17. The standard InChI is InChI=1S/C74H120N18O22S/c1-10-38(5)58(88-54(98)22-13-12-18-28-76-53(97)21-15-14-20-52-62-51(36-115-52)87-74(114)92-62)69(108)84-47(30-43-23-25-44(96)26-24-43)63(102)78-34-57(101)82-49-32-77-55(99)31-48(67(106)90-61(42(9)95)72(111)91-60(41(8)94)71(110)80-40(7)73(112)113)85-70(109)59(39(6)11-2)89-66(105)46(29-37(3)4)83-65(104)45(19-16-17-27-75)81-56(100)33-79-64(103)50(35-93)86-68(49)107/h23-26,37-42,45-52,58-62,93-96H,10-22,27-36,75H2,1-9H3,(H,76,97)(H,77,99)(H,78,102)(H,79,103)(H,80,110)(H,81,100)(H,82,101)(H,83,104)(H,84,108)(H,85,109)(H,86,107)(H,88,98)(H,89,105)(H,90,106)(H,91,111)(H,112,113)(H2,87,92,114)/t38-,39-,40-,41+,42+,45-,46-,47-,48?,49?,50?,51-,52-,58-,59-,60-,61-,62-/m0/s1. The molecule has 18 atom stereocenters. The largest absolute Gasteiger partial charge is 0.508 e. The molecule has 3 fully saturated rings. The minimum atomic E-state index is -2.14. The maximum absolute atomic E-state index is 14.8. The maximum Gasteiger partial charge on any atom is 0.325 e. The van der Waals surface area contributed by atoms with Crippen molar-refractivity contribution in [1.29, 1.82) is 0 Å². The molecule has 3 aliphatic heterocycles. The van der Waals surface area contributed by atoms with E-state index in [4.69, 9.17) is 5.73 Å². The zero-order chi connectivity index (χ0) is 85.8. The number of urea groups is 1. The van der Waals surface area contributed by atoms with Crippen molar-refractivity contribution in [2.75, 3.05) is 45.1 Å². The van der Waals surface area contributed by atoms with Crippen molar-refractivity contribution in [3.05, 3.63) is 29.8 Å². The molecule has 1 aromatic rings. The highest BCUT2D eigenvalue weighted by Gasteiger charge is 2.44. The second-order valence-corrected chi connectivity index (χ2v) is 31.0. The van der Waals surface area contributed by atoms with Crippen LogP contribution in [0.4, 0.5) is 4.79 Å². The van der Waals surface area contributed by atoms with Crippen molar-refractivity contribution in [1.82, 2.24) is 90.4 Å². The molecule has 3 unspecified atom stereocenters. The van der Waals surface area contributed by atoms with Gasteiger partial charge in [0, 0.05) is 43.4 Å². The van der Waals surface area contributed by atoms with Gasteiger partial charge in [-0.1, -0.05) is 79.4 Å². The molecule has 40 nitrogen and oxygen atoms in total. The number of fused-ring (bicyclic) bond motifs is 1. The summed E-state index contributed by atoms with van der Waals surface area (Å²) in [6.07, 6.45) is 0.339. The van der Waals surface area contributed by atoms with Gasteiger partial charge in [0.15, 0.2) is 0 Å². The van der Waals surface area contributed by atoms with Gasteiger partial charge in [0.25, 0.3) is 0 Å². The molecule has 4 rings (SSSR count). The molecule has 3 aliphatic rings. The second kappa shape index (κ2) is 49.7. The van der Waals surface area contributed by atoms with Crippen molar-refractivity contribution < 1.29 is 107 Å². The Balaban J connectivity index is 1.64. The summed E-state index contributed by atoms with van der Waals surface area (Å²) in [5, 5.41) is 94.0. The Morgan fingerprint density at radius 2 is 1.21 bits per heavy atom. The summed E-state index contributed by atoms with van der Waals surface area (Å²) in [5.41, 5.74) is 6.14. The van der Waals surface area contributed by atoms with Crippen LogP contribution in [0.15, 0.2) is 24.3 Å². The van der Waals surface area contributed by atoms with E-state index in [9.17, 15) is 107 Å². The van der Waals surface area contributed by atoms with E-state index in [1.165, 1.54) is 31.2 Å². The summed E-state index contributed by atoms with van der Waals surface area (Å²) in [4.78, 5) is 233. The molecular formula is C74H120N18O22S. The van der Waals surface area contributed by atoms with Crippen molar-refractivity contribution >= 4 is 112 Å². The minimum absolute atomic E-state index is 0.00703. The Morgan fingerprint density at radius 1 is 0.583 bits per heavy atom. The van der Waals surface area contributed by atoms with Crippen LogP contribution in [-0.4, -0.2) is 267 Å². The first-order valence-electron chi connectivity index (χ1n) is 39.2. The first-order valence-corrected chi connectivity index (χ1v) is 40.2. The molecule has 0 spiro atoms. The summed E-state index contributed by atoms with van der Waals surface area (Å²) in [6.45, 7) is 9.80. The zero-order valence-corrected chi connectivity index (χ0v) is 67.5. The number of unbranched alkanes of at least 4 members (excludes halogenated alkanes) is 4. The fraction of sp³-hybridized carbons (Fsp3) is 0.689. The summed E-state index contributed by atoms with van der Waals surface area (Å²) in [5.74, 6) is -17.6. The number of aliphatic carboxylic acids is 1. The number of nitrogens with two attached hydrogens (primary N) is 1. The number of benzene rings is 1. The number of aliphatic hydroxyl groups is 3. The van der Waals surface area contributed by atoms with Crippen molar-refractivity contribution in [3.8, 4) is 5.75 Å². The van der Waals surface area contributed by atoms with E-state index in [2.05, 4.69) is 90.4 Å². The average molecular weight is 1650 g/mol. The number of hydrogen-bond acceptors (Lipinski definition) is 23. The minimum Gasteiger partial charge on any atom is -0.508 e. The van der Waals surface area contributed by atoms with Crippen molar-refractivity contribution in [3.63, 3.8) is 0 Å². The third kappa shape index (κ3) is 33.8. The lowest BCUT2D eigenvalue weighted by Gasteiger charge is -2.30. The average Bonchev–Trinajstić information content (AvgIpc) is 1.69. The maximum atomic E-state index is 14.8. The number of carbonyl (C=O) groups excluding carboxylic acids is 16. The van der Waals surface area contributed by atoms with E-state index in [-0.39, 0.29) is 80.8 Å². The topological polar surface area (TPSA) is 622 Å². The van der Waals surface area contributed by atoms with E-state index >= 15 is 0 Å². The van der Waals surface area contributed by atoms with E-state index < -0.39 is 212 Å². The van der Waals surface area contributed by atoms with Gasteiger partial charge in [-0.2, -0.15) is 11.8 Å². The second-order valence-electron chi connectivity index (χ2n) is 29.7. The first kappa shape index (κ1) is 97.4. The highest BCUT2D eigenvalue weighted by Crippen LogP contribution is 2.33. The molecule has 0 bridgehead atoms. The molecule has 1 aromatic carbocycles. The number of rotatable bonds is 40. The first-order chi connectivity index (χ1) is 54.4. The molecule has 0 aliphatic carbocycles. The van der Waals surface area contributed by atoms with Crippen LogP contribution in [0.3, 0.4) is 0 Å². The number of carbonyl (C=O) groups is 17. The SMILES string of the molecule is CC[C@H](C)[C@H](NC(=O)CCCCCNC(=O)CCCC[C@@H]1SC[C@@H]2NC(=O)N[C@@H]21)C(=O)N[C@@H](Cc1ccc(O)cc1)C(=O)NCC(=O)NC1CNC(=O)CC(C(=O)N[C@H](C(=O)N[C@H](C(=O)N[C@@H](C)C(=O)O)[C@@H](C)O)[C@@H](C)O)NC(=O)[C@H]([C@@H](C)CC)NC(=O)[C@H](CC(C)C)NC(=O)[C@H](CCCCN)NC(=O)CNC(=O)C(CO)NC1=O. The molecule has 17 amide bonds. The smallest absolute Gasteiger partial charge is 0.325 e. The van der Waals surface area contributed by atoms with Gasteiger partial charge in [-0.05, 0) is 114 Å². The molecule has 0 aromatic heterocycles. The summed E-state index contributed by atoms with van der Waals surface area (Å²) >= 11 is 1.81. The molecule has 0 radical (unpaired) electrons. The van der Waals surface area contributed by atoms with Crippen LogP contribution in [0.25, 0.3) is 0 Å². The molecular weight excluding hydrogens is 1520 g/mol. The number of nitrogens with one attached hydrogen (secondary N) is 17. The lowest BCUT2D eigenvalue weighted by molar-refractivity contribution is -0.142. The van der Waals surface area contributed by atoms with Crippen LogP contribution in [0, 0.1) is 17.8 Å². The number of phenols is 1. The third-order valence-corrected chi connectivity index (χ3v) is 21.2. The van der Waals surface area contributed by atoms with Crippen LogP contribution >= 0.6 is 11.8 Å². The van der Waals surface area contributed by atoms with Gasteiger partial charge in [0.05, 0.1) is 50.4 Å². The fourth-order valence-corrected chi connectivity index (χ4v) is 14.1. The van der Waals surface area contributed by atoms with Gasteiger partial charge in [-0.15, -0.1) is 0 Å². The van der Waals surface area contributed by atoms with Crippen molar-refractivity contribution in [2.24, 2.45) is 23.5 Å². The molecule has 3 heterocycles. The van der Waals surface area contributed by atoms with Crippen LogP contribution in [0.1, 0.15) is 164 Å². The van der Waals surface area contributed by atoms with E-state index in [0.29, 0.717) is 62.3 Å². The van der Waals surface area contributed by atoms with Gasteiger partial charge in [0.2, 0.25) is 88.6 Å². The predicted octanol–water partition coefficient (Wildman–Crippen LogP) is -5.45. The Kier molecular flexibility index (Phi) is 42.1. The predicted molar refractivity (Wildman–Crippen MR) is 417 cm³/mol. The van der Waals surface area contributed by atoms with Gasteiger partial charge < -0.3 is 122 Å². The van der Waals surface area contributed by atoms with Crippen LogP contribution < -0.4 is 96.1 Å². The zero-order valence-electron chi connectivity index (χ0n) is 66.7. The number of phenolic OH excluding ortho intramolecular Hbond substituents is 1. The number of thioether (sulfide) groups is 1. The number of carboxylic acid groups (broad SMARTS) is 1. The normalized spacial score (nSPS) is 22.9. The molecule has 0 saturated carbocycles. The van der Waals surface area contributed by atoms with Gasteiger partial charge >= 0.3 is 12.0 Å². The molecule has 115 heavy (non-hydrogen) atoms. The highest BCUT2D eigenvalue weighted by molar-refractivity contribution is 8.00. The Morgan fingerprint density at radius 3 is 1.84 bits per heavy atom. The van der Waals surface area contributed by atoms with E-state index in [1.807, 2.05) is 11.8 Å². The lowest BCUT2D eigenvalue weighted by Crippen LogP contribution is -2.63. The highest BCUT2D eigenvalue weighted by atomic mass is 32.2. The van der Waals surface area contributed by atoms with Gasteiger partial charge in [-0.25, -0.2) is 4.79 Å². The summed E-state index contributed by atoms with van der Waals surface area (Å²) < 4.78 is 0. The van der Waals surface area contributed by atoms with E-state index in [1.54, 1.807) is 34.6 Å². The number of carboxylic acids is 1. The third-order valence-electron chi connectivity index (χ3n) is 19.7. The van der Waals surface area contributed by atoms with Crippen LogP contribution in [0.2, 0.25) is 0 Å². The molecule has 644 valence electrons. The van der Waals surface area contributed by atoms with Crippen molar-refractivity contribution in [2.45, 2.75) is 261 Å². The van der Waals surface area contributed by atoms with E-state index in [0.717, 1.165) is 39.4 Å². The number of hydrogen-bond donors (Lipinski definition) is 23. The van der Waals surface area contributed by atoms with Gasteiger partial charge in [0.1, 0.15) is 72.2 Å². The van der Waals surface area contributed by atoms with Crippen LogP contribution in [0.5, 0.6) is 5.75 Å². The fourth-order valence-electron chi connectivity index (χ4n) is 12.5. The summed E-state index contributed by atoms with van der Waals surface area (Å²) in [7, 11) is 0. The molecule has 3 saturated heterocycles. The molecule has 41 heteroatoms. The Hall–Kier alpha value is -10.00. The monoisotopic (exact) mass is 1640 g/mol. The summed E-state index contributed by atoms with van der Waals surface area (Å²) in [6, 6.07) is -13.1. The quantitative estimate of drug-likeness (QED) is 0.0215. The molecule has 24 N–H and O–H groups in total. The van der Waals surface area contributed by atoms with Gasteiger partial charge in [-0.3, -0.25) is 76.7 Å². The Bertz CT molecular complexity index is 3500. The Labute approximate surface area is 672 Å². The number of aliphatic hydroxyl groups excluding tert-OH is 3.